The maximum atomic E-state index is 12.6. The van der Waals surface area contributed by atoms with Crippen molar-refractivity contribution in [1.29, 1.82) is 0 Å². The molecule has 3 rings (SSSR count). The number of rotatable bonds is 5. The molecule has 1 atom stereocenters. The number of aromatic carboxylic acids is 1. The summed E-state index contributed by atoms with van der Waals surface area (Å²) in [5.74, 6) is -1.20. The highest BCUT2D eigenvalue weighted by atomic mass is 16.5. The molecule has 0 heterocycles. The summed E-state index contributed by atoms with van der Waals surface area (Å²) in [6, 6.07) is 11.3. The molecule has 0 fully saturated rings. The van der Waals surface area contributed by atoms with Crippen molar-refractivity contribution < 1.29 is 24.2 Å². The SMILES string of the molecule is COCC1CCC(C)(C)c2ccc(C(=O)Oc3ccc(C(=O)[O-])cc3)cc21. The van der Waals surface area contributed by atoms with Crippen LogP contribution in [0, 0.1) is 0 Å². The van der Waals surface area contributed by atoms with E-state index < -0.39 is 11.9 Å². The molecule has 5 nitrogen and oxygen atoms in total. The highest BCUT2D eigenvalue weighted by molar-refractivity contribution is 5.92. The summed E-state index contributed by atoms with van der Waals surface area (Å²) in [6.07, 6.45) is 2.08. The Labute approximate surface area is 158 Å². The van der Waals surface area contributed by atoms with Gasteiger partial charge < -0.3 is 19.4 Å². The summed E-state index contributed by atoms with van der Waals surface area (Å²) in [7, 11) is 1.69. The zero-order valence-electron chi connectivity index (χ0n) is 15.8. The standard InChI is InChI=1S/C22H24O5/c1-22(2)11-10-16(13-26-3)18-12-15(6-9-19(18)22)21(25)27-17-7-4-14(5-8-17)20(23)24/h4-9,12,16H,10-11,13H2,1-3H3,(H,23,24)/p-1. The first-order chi connectivity index (χ1) is 12.8. The van der Waals surface area contributed by atoms with E-state index in [1.807, 2.05) is 12.1 Å². The largest absolute Gasteiger partial charge is 0.545 e. The van der Waals surface area contributed by atoms with Gasteiger partial charge in [-0.3, -0.25) is 0 Å². The van der Waals surface area contributed by atoms with Crippen LogP contribution in [0.1, 0.15) is 64.4 Å². The fourth-order valence-electron chi connectivity index (χ4n) is 3.67. The molecule has 5 heteroatoms. The van der Waals surface area contributed by atoms with Crippen LogP contribution in [0.4, 0.5) is 0 Å². The van der Waals surface area contributed by atoms with Crippen molar-refractivity contribution in [1.82, 2.24) is 0 Å². The van der Waals surface area contributed by atoms with Gasteiger partial charge in [0, 0.05) is 13.0 Å². The van der Waals surface area contributed by atoms with Crippen molar-refractivity contribution in [2.45, 2.75) is 38.0 Å². The highest BCUT2D eigenvalue weighted by Crippen LogP contribution is 2.43. The average molecular weight is 367 g/mol. The minimum absolute atomic E-state index is 0.0354. The minimum Gasteiger partial charge on any atom is -0.545 e. The summed E-state index contributed by atoms with van der Waals surface area (Å²) in [4.78, 5) is 23.4. The molecule has 142 valence electrons. The predicted octanol–water partition coefficient (Wildman–Crippen LogP) is 3.07. The lowest BCUT2D eigenvalue weighted by Gasteiger charge is -2.37. The second-order valence-corrected chi connectivity index (χ2v) is 7.58. The Kier molecular flexibility index (Phi) is 5.33. The first kappa shape index (κ1) is 19.1. The summed E-state index contributed by atoms with van der Waals surface area (Å²) >= 11 is 0. The first-order valence-electron chi connectivity index (χ1n) is 8.99. The van der Waals surface area contributed by atoms with E-state index in [2.05, 4.69) is 13.8 Å². The number of fused-ring (bicyclic) bond motifs is 1. The second kappa shape index (κ2) is 7.53. The van der Waals surface area contributed by atoms with E-state index in [1.54, 1.807) is 13.2 Å². The maximum absolute atomic E-state index is 12.6. The number of hydrogen-bond acceptors (Lipinski definition) is 5. The van der Waals surface area contributed by atoms with Gasteiger partial charge in [0.2, 0.25) is 0 Å². The van der Waals surface area contributed by atoms with Gasteiger partial charge in [-0.15, -0.1) is 0 Å². The Morgan fingerprint density at radius 1 is 1.11 bits per heavy atom. The third-order valence-corrected chi connectivity index (χ3v) is 5.24. The van der Waals surface area contributed by atoms with E-state index in [0.717, 1.165) is 18.4 Å². The normalized spacial score (nSPS) is 17.8. The summed E-state index contributed by atoms with van der Waals surface area (Å²) in [6.45, 7) is 5.05. The third-order valence-electron chi connectivity index (χ3n) is 5.24. The summed E-state index contributed by atoms with van der Waals surface area (Å²) in [5, 5.41) is 10.8. The highest BCUT2D eigenvalue weighted by Gasteiger charge is 2.33. The maximum Gasteiger partial charge on any atom is 0.343 e. The van der Waals surface area contributed by atoms with E-state index in [0.29, 0.717) is 12.2 Å². The van der Waals surface area contributed by atoms with Gasteiger partial charge in [0.15, 0.2) is 0 Å². The average Bonchev–Trinajstić information content (AvgIpc) is 2.64. The van der Waals surface area contributed by atoms with Crippen molar-refractivity contribution in [3.8, 4) is 5.75 Å². The zero-order valence-corrected chi connectivity index (χ0v) is 15.8. The number of carbonyl (C=O) groups excluding carboxylic acids is 2. The molecule has 0 radical (unpaired) electrons. The number of methoxy groups -OCH3 is 1. The van der Waals surface area contributed by atoms with Crippen molar-refractivity contribution >= 4 is 11.9 Å². The van der Waals surface area contributed by atoms with Crippen molar-refractivity contribution in [2.24, 2.45) is 0 Å². The lowest BCUT2D eigenvalue weighted by Crippen LogP contribution is -2.28. The molecule has 0 bridgehead atoms. The van der Waals surface area contributed by atoms with Crippen LogP contribution < -0.4 is 9.84 Å². The number of benzene rings is 2. The van der Waals surface area contributed by atoms with Gasteiger partial charge in [-0.1, -0.05) is 19.9 Å². The third kappa shape index (κ3) is 4.03. The van der Waals surface area contributed by atoms with Gasteiger partial charge in [0.25, 0.3) is 0 Å². The molecule has 0 amide bonds. The predicted molar refractivity (Wildman–Crippen MR) is 99.1 cm³/mol. The molecule has 0 saturated heterocycles. The number of ether oxygens (including phenoxy) is 2. The Morgan fingerprint density at radius 2 is 1.78 bits per heavy atom. The molecular formula is C22H23O5-. The number of carbonyl (C=O) groups is 2. The monoisotopic (exact) mass is 367 g/mol. The van der Waals surface area contributed by atoms with Crippen LogP contribution in [0.25, 0.3) is 0 Å². The van der Waals surface area contributed by atoms with Crippen LogP contribution in [0.3, 0.4) is 0 Å². The fourth-order valence-corrected chi connectivity index (χ4v) is 3.67. The lowest BCUT2D eigenvalue weighted by molar-refractivity contribution is -0.255. The second-order valence-electron chi connectivity index (χ2n) is 7.58. The molecule has 2 aromatic rings. The van der Waals surface area contributed by atoms with E-state index in [4.69, 9.17) is 9.47 Å². The quantitative estimate of drug-likeness (QED) is 0.600. The topological polar surface area (TPSA) is 75.7 Å². The molecule has 0 spiro atoms. The molecule has 1 aliphatic rings. The number of esters is 1. The van der Waals surface area contributed by atoms with E-state index in [-0.39, 0.29) is 22.6 Å². The number of carboxylic acid groups (broad SMARTS) is 1. The molecule has 0 N–H and O–H groups in total. The number of hydrogen-bond donors (Lipinski definition) is 0. The summed E-state index contributed by atoms with van der Waals surface area (Å²) in [5.41, 5.74) is 2.94. The van der Waals surface area contributed by atoms with E-state index in [9.17, 15) is 14.7 Å². The number of carboxylic acids is 1. The van der Waals surface area contributed by atoms with Gasteiger partial charge in [-0.2, -0.15) is 0 Å². The van der Waals surface area contributed by atoms with Gasteiger partial charge in [-0.05, 0) is 71.3 Å². The molecule has 0 aliphatic heterocycles. The van der Waals surface area contributed by atoms with Crippen LogP contribution in [0.15, 0.2) is 42.5 Å². The first-order valence-corrected chi connectivity index (χ1v) is 8.99. The zero-order chi connectivity index (χ0) is 19.6. The lowest BCUT2D eigenvalue weighted by atomic mass is 9.68. The Balaban J connectivity index is 1.85. The molecule has 2 aromatic carbocycles. The fraction of sp³-hybridized carbons (Fsp3) is 0.364. The molecule has 0 saturated carbocycles. The van der Waals surface area contributed by atoms with Crippen LogP contribution in [0.5, 0.6) is 5.75 Å². The minimum atomic E-state index is -1.27. The summed E-state index contributed by atoms with van der Waals surface area (Å²) < 4.78 is 10.8. The van der Waals surface area contributed by atoms with Gasteiger partial charge in [0.1, 0.15) is 5.75 Å². The smallest absolute Gasteiger partial charge is 0.343 e. The molecule has 1 unspecified atom stereocenters. The Bertz CT molecular complexity index is 852. The molecular weight excluding hydrogens is 344 g/mol. The van der Waals surface area contributed by atoms with E-state index in [1.165, 1.54) is 29.8 Å². The van der Waals surface area contributed by atoms with Crippen LogP contribution >= 0.6 is 0 Å². The molecule has 27 heavy (non-hydrogen) atoms. The van der Waals surface area contributed by atoms with Crippen LogP contribution in [0.2, 0.25) is 0 Å². The van der Waals surface area contributed by atoms with Crippen LogP contribution in [-0.2, 0) is 10.2 Å². The molecule has 0 aromatic heterocycles. The Hall–Kier alpha value is -2.66. The molecule has 1 aliphatic carbocycles. The van der Waals surface area contributed by atoms with Crippen molar-refractivity contribution in [3.05, 3.63) is 64.7 Å². The Morgan fingerprint density at radius 3 is 2.41 bits per heavy atom. The van der Waals surface area contributed by atoms with Gasteiger partial charge in [-0.25, -0.2) is 4.79 Å². The van der Waals surface area contributed by atoms with Crippen LogP contribution in [-0.4, -0.2) is 25.7 Å². The van der Waals surface area contributed by atoms with Gasteiger partial charge >= 0.3 is 5.97 Å². The van der Waals surface area contributed by atoms with E-state index >= 15 is 0 Å². The van der Waals surface area contributed by atoms with Crippen molar-refractivity contribution in [2.75, 3.05) is 13.7 Å². The van der Waals surface area contributed by atoms with Gasteiger partial charge in [0.05, 0.1) is 18.1 Å². The van der Waals surface area contributed by atoms with Crippen molar-refractivity contribution in [3.63, 3.8) is 0 Å².